The molecule has 2 rings (SSSR count). The maximum Gasteiger partial charge on any atom is 0.334 e. The Bertz CT molecular complexity index is 732. The summed E-state index contributed by atoms with van der Waals surface area (Å²) in [4.78, 5) is 25.4. The molecule has 1 aromatic carbocycles. The van der Waals surface area contributed by atoms with Gasteiger partial charge in [0.2, 0.25) is 0 Å². The SMILES string of the molecule is COC(=O)C(=Cc1cccs1)CC(=O)c1ccc(C(C)(C)C)cc1. The highest BCUT2D eigenvalue weighted by Gasteiger charge is 2.18. The Morgan fingerprint density at radius 3 is 2.29 bits per heavy atom. The molecule has 1 heterocycles. The van der Waals surface area contributed by atoms with Gasteiger partial charge >= 0.3 is 5.97 Å². The lowest BCUT2D eigenvalue weighted by molar-refractivity contribution is -0.136. The lowest BCUT2D eigenvalue weighted by Gasteiger charge is -2.19. The average molecular weight is 342 g/mol. The Kier molecular flexibility index (Phi) is 5.73. The van der Waals surface area contributed by atoms with Crippen molar-refractivity contribution in [1.82, 2.24) is 0 Å². The quantitative estimate of drug-likeness (QED) is 0.442. The van der Waals surface area contributed by atoms with E-state index in [1.165, 1.54) is 24.0 Å². The smallest absolute Gasteiger partial charge is 0.334 e. The molecule has 0 saturated heterocycles. The minimum absolute atomic E-state index is 0.0272. The number of methoxy groups -OCH3 is 1. The molecule has 0 bridgehead atoms. The predicted molar refractivity (Wildman–Crippen MR) is 98.4 cm³/mol. The topological polar surface area (TPSA) is 43.4 Å². The van der Waals surface area contributed by atoms with E-state index in [1.54, 1.807) is 6.08 Å². The van der Waals surface area contributed by atoms with Crippen LogP contribution in [0, 0.1) is 0 Å². The first-order valence-corrected chi connectivity index (χ1v) is 8.65. The number of esters is 1. The second-order valence-electron chi connectivity index (χ2n) is 6.60. The summed E-state index contributed by atoms with van der Waals surface area (Å²) in [5, 5.41) is 1.92. The molecular weight excluding hydrogens is 320 g/mol. The number of carbonyl (C=O) groups is 2. The van der Waals surface area contributed by atoms with Crippen LogP contribution in [0.5, 0.6) is 0 Å². The van der Waals surface area contributed by atoms with Crippen LogP contribution >= 0.6 is 11.3 Å². The van der Waals surface area contributed by atoms with Crippen LogP contribution < -0.4 is 0 Å². The molecule has 4 heteroatoms. The van der Waals surface area contributed by atoms with E-state index in [2.05, 4.69) is 20.8 Å². The lowest BCUT2D eigenvalue weighted by atomic mass is 9.86. The molecule has 0 aliphatic carbocycles. The van der Waals surface area contributed by atoms with Gasteiger partial charge in [-0.15, -0.1) is 11.3 Å². The van der Waals surface area contributed by atoms with E-state index >= 15 is 0 Å². The number of carbonyl (C=O) groups excluding carboxylic acids is 2. The van der Waals surface area contributed by atoms with E-state index in [0.717, 1.165) is 4.88 Å². The molecule has 0 aliphatic heterocycles. The molecule has 0 radical (unpaired) electrons. The van der Waals surface area contributed by atoms with Crippen molar-refractivity contribution in [2.45, 2.75) is 32.6 Å². The van der Waals surface area contributed by atoms with Crippen molar-refractivity contribution in [3.05, 3.63) is 63.4 Å². The van der Waals surface area contributed by atoms with Gasteiger partial charge in [-0.25, -0.2) is 4.79 Å². The van der Waals surface area contributed by atoms with Crippen molar-refractivity contribution in [2.24, 2.45) is 0 Å². The van der Waals surface area contributed by atoms with Crippen LogP contribution in [0.25, 0.3) is 6.08 Å². The summed E-state index contributed by atoms with van der Waals surface area (Å²) < 4.78 is 4.81. The second kappa shape index (κ2) is 7.58. The minimum Gasteiger partial charge on any atom is -0.466 e. The number of hydrogen-bond acceptors (Lipinski definition) is 4. The summed E-state index contributed by atoms with van der Waals surface area (Å²) in [6.45, 7) is 6.38. The number of ether oxygens (including phenoxy) is 1. The van der Waals surface area contributed by atoms with E-state index in [9.17, 15) is 9.59 Å². The fourth-order valence-electron chi connectivity index (χ4n) is 2.29. The first kappa shape index (κ1) is 18.1. The van der Waals surface area contributed by atoms with Crippen LogP contribution in [-0.2, 0) is 14.9 Å². The van der Waals surface area contributed by atoms with Gasteiger partial charge in [-0.3, -0.25) is 4.79 Å². The molecule has 0 aliphatic rings. The van der Waals surface area contributed by atoms with Gasteiger partial charge in [0.05, 0.1) is 7.11 Å². The molecule has 0 unspecified atom stereocenters. The van der Waals surface area contributed by atoms with Crippen molar-refractivity contribution in [2.75, 3.05) is 7.11 Å². The number of benzene rings is 1. The van der Waals surface area contributed by atoms with Gasteiger partial charge in [-0.2, -0.15) is 0 Å². The van der Waals surface area contributed by atoms with Gasteiger partial charge in [0.25, 0.3) is 0 Å². The van der Waals surface area contributed by atoms with Crippen molar-refractivity contribution < 1.29 is 14.3 Å². The number of rotatable bonds is 5. The predicted octanol–water partition coefficient (Wildman–Crippen LogP) is 4.88. The standard InChI is InChI=1S/C20H22O3S/c1-20(2,3)16-9-7-14(8-10-16)18(21)13-15(19(22)23-4)12-17-6-5-11-24-17/h5-12H,13H2,1-4H3. The molecule has 0 N–H and O–H groups in total. The van der Waals surface area contributed by atoms with Gasteiger partial charge < -0.3 is 4.74 Å². The lowest BCUT2D eigenvalue weighted by Crippen LogP contribution is -2.12. The van der Waals surface area contributed by atoms with Gasteiger partial charge in [0.15, 0.2) is 5.78 Å². The second-order valence-corrected chi connectivity index (χ2v) is 7.58. The molecule has 0 atom stereocenters. The minimum atomic E-state index is -0.469. The summed E-state index contributed by atoms with van der Waals surface area (Å²) in [5.41, 5.74) is 2.17. The van der Waals surface area contributed by atoms with Crippen molar-refractivity contribution in [3.8, 4) is 0 Å². The number of Topliss-reactive ketones (excluding diaryl/α,β-unsaturated/α-hetero) is 1. The van der Waals surface area contributed by atoms with Gasteiger partial charge in [0.1, 0.15) is 0 Å². The molecule has 24 heavy (non-hydrogen) atoms. The Labute approximate surface area is 147 Å². The monoisotopic (exact) mass is 342 g/mol. The maximum absolute atomic E-state index is 12.5. The third-order valence-corrected chi connectivity index (χ3v) is 4.55. The Balaban J connectivity index is 2.20. The fraction of sp³-hybridized carbons (Fsp3) is 0.300. The molecule has 0 amide bonds. The summed E-state index contributed by atoms with van der Waals surface area (Å²) in [7, 11) is 1.33. The van der Waals surface area contributed by atoms with Crippen LogP contribution in [-0.4, -0.2) is 18.9 Å². The normalized spacial score (nSPS) is 12.1. The fourth-order valence-corrected chi connectivity index (χ4v) is 2.97. The first-order chi connectivity index (χ1) is 11.3. The van der Waals surface area contributed by atoms with E-state index < -0.39 is 5.97 Å². The molecule has 3 nitrogen and oxygen atoms in total. The van der Waals surface area contributed by atoms with Crippen LogP contribution in [0.2, 0.25) is 0 Å². The summed E-state index contributed by atoms with van der Waals surface area (Å²) in [5.74, 6) is -0.563. The number of thiophene rings is 1. The molecule has 0 saturated carbocycles. The van der Waals surface area contributed by atoms with E-state index in [-0.39, 0.29) is 17.6 Å². The van der Waals surface area contributed by atoms with E-state index in [1.807, 2.05) is 41.8 Å². The Morgan fingerprint density at radius 2 is 1.79 bits per heavy atom. The largest absolute Gasteiger partial charge is 0.466 e. The molecule has 1 aromatic heterocycles. The highest BCUT2D eigenvalue weighted by molar-refractivity contribution is 7.10. The third-order valence-electron chi connectivity index (χ3n) is 3.73. The number of ketones is 1. The highest BCUT2D eigenvalue weighted by Crippen LogP contribution is 2.23. The van der Waals surface area contributed by atoms with Gasteiger partial charge in [-0.05, 0) is 28.5 Å². The summed E-state index contributed by atoms with van der Waals surface area (Å²) in [6, 6.07) is 11.4. The molecule has 2 aromatic rings. The van der Waals surface area contributed by atoms with E-state index in [0.29, 0.717) is 11.1 Å². The number of hydrogen-bond donors (Lipinski definition) is 0. The Hall–Kier alpha value is -2.20. The zero-order chi connectivity index (χ0) is 17.7. The van der Waals surface area contributed by atoms with Crippen LogP contribution in [0.3, 0.4) is 0 Å². The maximum atomic E-state index is 12.5. The zero-order valence-corrected chi connectivity index (χ0v) is 15.3. The van der Waals surface area contributed by atoms with Crippen LogP contribution in [0.4, 0.5) is 0 Å². The summed E-state index contributed by atoms with van der Waals surface area (Å²) in [6.07, 6.45) is 1.75. The van der Waals surface area contributed by atoms with Gasteiger partial charge in [0, 0.05) is 22.4 Å². The molecule has 0 fully saturated rings. The van der Waals surface area contributed by atoms with Crippen LogP contribution in [0.15, 0.2) is 47.4 Å². The highest BCUT2D eigenvalue weighted by atomic mass is 32.1. The van der Waals surface area contributed by atoms with Crippen molar-refractivity contribution >= 4 is 29.2 Å². The first-order valence-electron chi connectivity index (χ1n) is 7.77. The van der Waals surface area contributed by atoms with Crippen molar-refractivity contribution in [3.63, 3.8) is 0 Å². The summed E-state index contributed by atoms with van der Waals surface area (Å²) >= 11 is 1.51. The molecular formula is C20H22O3S. The Morgan fingerprint density at radius 1 is 1.12 bits per heavy atom. The van der Waals surface area contributed by atoms with E-state index in [4.69, 9.17) is 4.74 Å². The van der Waals surface area contributed by atoms with Crippen LogP contribution in [0.1, 0.15) is 48.0 Å². The van der Waals surface area contributed by atoms with Gasteiger partial charge in [-0.1, -0.05) is 51.1 Å². The third kappa shape index (κ3) is 4.65. The average Bonchev–Trinajstić information content (AvgIpc) is 3.05. The van der Waals surface area contributed by atoms with Crippen molar-refractivity contribution in [1.29, 1.82) is 0 Å². The zero-order valence-electron chi connectivity index (χ0n) is 14.5. The molecule has 0 spiro atoms. The molecule has 126 valence electrons.